The van der Waals surface area contributed by atoms with E-state index in [-0.39, 0.29) is 5.97 Å². The highest BCUT2D eigenvalue weighted by molar-refractivity contribution is 5.92. The van der Waals surface area contributed by atoms with Crippen LogP contribution >= 0.6 is 0 Å². The number of carbonyl (C=O) groups is 1. The normalized spacial score (nSPS) is 18.9. The van der Waals surface area contributed by atoms with Crippen molar-refractivity contribution in [3.05, 3.63) is 28.8 Å². The van der Waals surface area contributed by atoms with E-state index >= 15 is 0 Å². The molecule has 0 saturated carbocycles. The second kappa shape index (κ2) is 5.40. The van der Waals surface area contributed by atoms with Gasteiger partial charge in [-0.2, -0.15) is 0 Å². The summed E-state index contributed by atoms with van der Waals surface area (Å²) in [6.07, 6.45) is 0.961. The van der Waals surface area contributed by atoms with E-state index in [1.165, 1.54) is 0 Å². The Morgan fingerprint density at radius 2 is 2.28 bits per heavy atom. The summed E-state index contributed by atoms with van der Waals surface area (Å²) in [4.78, 5) is 12.0. The Labute approximate surface area is 107 Å². The van der Waals surface area contributed by atoms with Crippen molar-refractivity contribution < 1.29 is 14.3 Å². The number of carbonyl (C=O) groups excluding carboxylic acids is 1. The van der Waals surface area contributed by atoms with Crippen molar-refractivity contribution in [2.45, 2.75) is 20.3 Å². The van der Waals surface area contributed by atoms with E-state index in [0.29, 0.717) is 30.4 Å². The number of rotatable bonds is 3. The van der Waals surface area contributed by atoms with Gasteiger partial charge >= 0.3 is 5.97 Å². The Hall–Kier alpha value is -1.55. The number of anilines is 1. The molecule has 1 aromatic carbocycles. The van der Waals surface area contributed by atoms with Crippen LogP contribution in [0, 0.1) is 19.8 Å². The summed E-state index contributed by atoms with van der Waals surface area (Å²) >= 11 is 0. The van der Waals surface area contributed by atoms with Crippen LogP contribution in [0.4, 0.5) is 5.69 Å². The molecular weight excluding hydrogens is 230 g/mol. The molecule has 1 saturated heterocycles. The molecule has 1 heterocycles. The molecule has 0 aromatic heterocycles. The summed E-state index contributed by atoms with van der Waals surface area (Å²) in [5.41, 5.74) is 8.84. The molecule has 1 unspecified atom stereocenters. The third-order valence-corrected chi connectivity index (χ3v) is 3.38. The first-order chi connectivity index (χ1) is 8.58. The fourth-order valence-electron chi connectivity index (χ4n) is 2.09. The molecule has 2 rings (SSSR count). The Kier molecular flexibility index (Phi) is 3.87. The second-order valence-corrected chi connectivity index (χ2v) is 4.84. The smallest absolute Gasteiger partial charge is 0.338 e. The van der Waals surface area contributed by atoms with Crippen LogP contribution in [0.5, 0.6) is 0 Å². The maximum absolute atomic E-state index is 12.0. The minimum atomic E-state index is -0.296. The first-order valence-corrected chi connectivity index (χ1v) is 6.19. The van der Waals surface area contributed by atoms with Crippen LogP contribution in [0.15, 0.2) is 12.1 Å². The Morgan fingerprint density at radius 1 is 1.50 bits per heavy atom. The van der Waals surface area contributed by atoms with E-state index in [2.05, 4.69) is 0 Å². The zero-order valence-corrected chi connectivity index (χ0v) is 10.9. The third kappa shape index (κ3) is 2.82. The summed E-state index contributed by atoms with van der Waals surface area (Å²) in [5, 5.41) is 0. The number of nitrogen functional groups attached to an aromatic ring is 1. The molecule has 4 heteroatoms. The maximum Gasteiger partial charge on any atom is 0.338 e. The number of ether oxygens (including phenoxy) is 2. The Balaban J connectivity index is 2.04. The molecule has 1 aliphatic heterocycles. The lowest BCUT2D eigenvalue weighted by atomic mass is 10.0. The molecule has 0 spiro atoms. The molecule has 0 aliphatic carbocycles. The van der Waals surface area contributed by atoms with E-state index in [1.807, 2.05) is 19.9 Å². The van der Waals surface area contributed by atoms with Gasteiger partial charge in [0, 0.05) is 18.2 Å². The van der Waals surface area contributed by atoms with Crippen LogP contribution in [0.1, 0.15) is 27.9 Å². The van der Waals surface area contributed by atoms with Crippen molar-refractivity contribution in [3.8, 4) is 0 Å². The lowest BCUT2D eigenvalue weighted by Crippen LogP contribution is -2.15. The summed E-state index contributed by atoms with van der Waals surface area (Å²) in [7, 11) is 0. The van der Waals surface area contributed by atoms with Gasteiger partial charge in [-0.15, -0.1) is 0 Å². The van der Waals surface area contributed by atoms with Crippen LogP contribution in [0.3, 0.4) is 0 Å². The van der Waals surface area contributed by atoms with Gasteiger partial charge in [0.25, 0.3) is 0 Å². The number of hydrogen-bond donors (Lipinski definition) is 1. The average Bonchev–Trinajstić information content (AvgIpc) is 2.83. The van der Waals surface area contributed by atoms with Crippen molar-refractivity contribution in [3.63, 3.8) is 0 Å². The van der Waals surface area contributed by atoms with Gasteiger partial charge in [-0.05, 0) is 43.5 Å². The SMILES string of the molecule is Cc1cc(N)cc(C(=O)OCC2CCOC2)c1C. The predicted molar refractivity (Wildman–Crippen MR) is 69.5 cm³/mol. The highest BCUT2D eigenvalue weighted by Crippen LogP contribution is 2.20. The van der Waals surface area contributed by atoms with E-state index in [1.54, 1.807) is 6.07 Å². The average molecular weight is 249 g/mol. The Morgan fingerprint density at radius 3 is 2.94 bits per heavy atom. The van der Waals surface area contributed by atoms with Crippen molar-refractivity contribution in [1.29, 1.82) is 0 Å². The monoisotopic (exact) mass is 249 g/mol. The maximum atomic E-state index is 12.0. The first-order valence-electron chi connectivity index (χ1n) is 6.19. The van der Waals surface area contributed by atoms with E-state index in [0.717, 1.165) is 24.2 Å². The molecule has 1 aliphatic rings. The van der Waals surface area contributed by atoms with Gasteiger partial charge in [-0.25, -0.2) is 4.79 Å². The largest absolute Gasteiger partial charge is 0.462 e. The second-order valence-electron chi connectivity index (χ2n) is 4.84. The van der Waals surface area contributed by atoms with Gasteiger partial charge < -0.3 is 15.2 Å². The van der Waals surface area contributed by atoms with Crippen LogP contribution in [-0.4, -0.2) is 25.8 Å². The molecule has 0 radical (unpaired) electrons. The molecule has 1 fully saturated rings. The highest BCUT2D eigenvalue weighted by atomic mass is 16.5. The van der Waals surface area contributed by atoms with Gasteiger partial charge in [0.15, 0.2) is 0 Å². The zero-order chi connectivity index (χ0) is 13.1. The molecule has 18 heavy (non-hydrogen) atoms. The van der Waals surface area contributed by atoms with Crippen molar-refractivity contribution in [1.82, 2.24) is 0 Å². The molecular formula is C14H19NO3. The quantitative estimate of drug-likeness (QED) is 0.658. The fourth-order valence-corrected chi connectivity index (χ4v) is 2.09. The lowest BCUT2D eigenvalue weighted by molar-refractivity contribution is 0.0427. The lowest BCUT2D eigenvalue weighted by Gasteiger charge is -2.12. The fraction of sp³-hybridized carbons (Fsp3) is 0.500. The number of benzene rings is 1. The predicted octanol–water partition coefficient (Wildman–Crippen LogP) is 2.08. The standard InChI is InChI=1S/C14H19NO3/c1-9-5-12(15)6-13(10(9)2)14(16)18-8-11-3-4-17-7-11/h5-6,11H,3-4,7-8,15H2,1-2H3. The molecule has 0 amide bonds. The minimum Gasteiger partial charge on any atom is -0.462 e. The molecule has 1 aromatic rings. The van der Waals surface area contributed by atoms with E-state index in [4.69, 9.17) is 15.2 Å². The highest BCUT2D eigenvalue weighted by Gasteiger charge is 2.19. The molecule has 4 nitrogen and oxygen atoms in total. The van der Waals surface area contributed by atoms with Crippen LogP contribution < -0.4 is 5.73 Å². The summed E-state index contributed by atoms with van der Waals surface area (Å²) in [6.45, 7) is 5.71. The number of nitrogens with two attached hydrogens (primary N) is 1. The number of hydrogen-bond acceptors (Lipinski definition) is 4. The number of esters is 1. The van der Waals surface area contributed by atoms with Gasteiger partial charge in [0.2, 0.25) is 0 Å². The first kappa shape index (κ1) is 12.9. The molecule has 98 valence electrons. The van der Waals surface area contributed by atoms with E-state index < -0.39 is 0 Å². The zero-order valence-electron chi connectivity index (χ0n) is 10.9. The number of aryl methyl sites for hydroxylation is 1. The minimum absolute atomic E-state index is 0.296. The summed E-state index contributed by atoms with van der Waals surface area (Å²) < 4.78 is 10.6. The molecule has 0 bridgehead atoms. The van der Waals surface area contributed by atoms with Gasteiger partial charge in [-0.1, -0.05) is 0 Å². The summed E-state index contributed by atoms with van der Waals surface area (Å²) in [5.74, 6) is 0.0335. The van der Waals surface area contributed by atoms with Crippen molar-refractivity contribution in [2.24, 2.45) is 5.92 Å². The molecule has 1 atom stereocenters. The van der Waals surface area contributed by atoms with E-state index in [9.17, 15) is 4.79 Å². The van der Waals surface area contributed by atoms with Gasteiger partial charge in [0.1, 0.15) is 0 Å². The topological polar surface area (TPSA) is 61.6 Å². The molecule has 2 N–H and O–H groups in total. The van der Waals surface area contributed by atoms with Crippen LogP contribution in [-0.2, 0) is 9.47 Å². The Bertz CT molecular complexity index is 451. The van der Waals surface area contributed by atoms with Crippen molar-refractivity contribution >= 4 is 11.7 Å². The van der Waals surface area contributed by atoms with Crippen LogP contribution in [0.25, 0.3) is 0 Å². The summed E-state index contributed by atoms with van der Waals surface area (Å²) in [6, 6.07) is 3.53. The van der Waals surface area contributed by atoms with Gasteiger partial charge in [0.05, 0.1) is 18.8 Å². The van der Waals surface area contributed by atoms with Gasteiger partial charge in [-0.3, -0.25) is 0 Å². The van der Waals surface area contributed by atoms with Crippen LogP contribution in [0.2, 0.25) is 0 Å². The third-order valence-electron chi connectivity index (χ3n) is 3.38. The van der Waals surface area contributed by atoms with Crippen molar-refractivity contribution in [2.75, 3.05) is 25.6 Å².